The summed E-state index contributed by atoms with van der Waals surface area (Å²) in [5.74, 6) is -3.24. The molecule has 3 aromatic rings. The average molecular weight is 456 g/mol. The Morgan fingerprint density at radius 2 is 2.07 bits per heavy atom. The number of H-pyrrole nitrogens is 2. The summed E-state index contributed by atoms with van der Waals surface area (Å²) in [6, 6.07) is 3.39. The van der Waals surface area contributed by atoms with Crippen LogP contribution in [0.1, 0.15) is 35.1 Å². The molecule has 30 heavy (non-hydrogen) atoms. The zero-order valence-electron chi connectivity index (χ0n) is 17.8. The standard InChI is InChI=1S/C17H11Cl2FN6O4/c1-6(2)7-3-11(23-24-15(7)27)30-14-8(18)4-10(13(20)12(14)19)26-17(29)22-16(28)9(5-21)25-26/h3-4,6H,1-2H3,(H,24,27)(H,22,28,29)/i1D3. The van der Waals surface area contributed by atoms with Crippen LogP contribution in [0.25, 0.3) is 5.69 Å². The van der Waals surface area contributed by atoms with Crippen molar-refractivity contribution in [2.75, 3.05) is 0 Å². The van der Waals surface area contributed by atoms with Crippen LogP contribution in [-0.2, 0) is 0 Å². The van der Waals surface area contributed by atoms with Gasteiger partial charge in [-0.05, 0) is 12.0 Å². The van der Waals surface area contributed by atoms with Gasteiger partial charge in [0.15, 0.2) is 11.6 Å². The van der Waals surface area contributed by atoms with Gasteiger partial charge in [0.25, 0.3) is 11.1 Å². The Bertz CT molecular complexity index is 1480. The zero-order chi connectivity index (χ0) is 24.7. The number of nitrogens with zero attached hydrogens (tertiary/aromatic N) is 4. The number of aromatic nitrogens is 5. The van der Waals surface area contributed by atoms with Crippen LogP contribution < -0.4 is 21.5 Å². The van der Waals surface area contributed by atoms with Crippen molar-refractivity contribution in [3.8, 4) is 23.4 Å². The van der Waals surface area contributed by atoms with Crippen LogP contribution in [0.3, 0.4) is 0 Å². The maximum absolute atomic E-state index is 15.0. The third-order valence-electron chi connectivity index (χ3n) is 3.74. The van der Waals surface area contributed by atoms with Crippen LogP contribution in [0.15, 0.2) is 26.5 Å². The average Bonchev–Trinajstić information content (AvgIpc) is 2.74. The van der Waals surface area contributed by atoms with Crippen LogP contribution in [-0.4, -0.2) is 25.0 Å². The Labute approximate surface area is 180 Å². The fourth-order valence-electron chi connectivity index (χ4n) is 2.33. The SMILES string of the molecule is [2H]C([2H])([2H])C(C)c1cc(Oc2c(Cl)cc(-n3nc(C#N)c(=O)[nH]c3=O)c(F)c2Cl)n[nH]c1=O. The van der Waals surface area contributed by atoms with Gasteiger partial charge in [-0.2, -0.15) is 9.94 Å². The van der Waals surface area contributed by atoms with Gasteiger partial charge in [-0.1, -0.05) is 37.0 Å². The highest BCUT2D eigenvalue weighted by atomic mass is 35.5. The number of hydrogen-bond donors (Lipinski definition) is 2. The number of rotatable bonds is 4. The molecule has 154 valence electrons. The highest BCUT2D eigenvalue weighted by Gasteiger charge is 2.22. The Balaban J connectivity index is 2.10. The largest absolute Gasteiger partial charge is 0.434 e. The van der Waals surface area contributed by atoms with E-state index in [1.807, 2.05) is 0 Å². The fraction of sp³-hybridized carbons (Fsp3) is 0.176. The third kappa shape index (κ3) is 3.83. The minimum atomic E-state index is -2.49. The number of ether oxygens (including phenoxy) is 1. The van der Waals surface area contributed by atoms with E-state index in [4.69, 9.17) is 37.3 Å². The lowest BCUT2D eigenvalue weighted by molar-refractivity contribution is 0.447. The van der Waals surface area contributed by atoms with Crippen molar-refractivity contribution in [1.29, 1.82) is 5.26 Å². The number of nitrogens with one attached hydrogen (secondary N) is 2. The fourth-order valence-corrected chi connectivity index (χ4v) is 2.85. The van der Waals surface area contributed by atoms with Gasteiger partial charge in [0.1, 0.15) is 16.8 Å². The van der Waals surface area contributed by atoms with Gasteiger partial charge in [0, 0.05) is 15.7 Å². The number of hydrogen-bond acceptors (Lipinski definition) is 7. The second-order valence-electron chi connectivity index (χ2n) is 5.78. The minimum absolute atomic E-state index is 0.169. The first-order valence-electron chi connectivity index (χ1n) is 9.44. The number of nitriles is 1. The normalized spacial score (nSPS) is 13.6. The van der Waals surface area contributed by atoms with E-state index in [0.29, 0.717) is 4.68 Å². The van der Waals surface area contributed by atoms with Crippen molar-refractivity contribution in [2.24, 2.45) is 0 Å². The number of aromatic amines is 2. The van der Waals surface area contributed by atoms with Gasteiger partial charge in [-0.15, -0.1) is 10.2 Å². The summed E-state index contributed by atoms with van der Waals surface area (Å²) in [5.41, 5.74) is -4.47. The molecule has 1 unspecified atom stereocenters. The predicted molar refractivity (Wildman–Crippen MR) is 104 cm³/mol. The maximum Gasteiger partial charge on any atom is 0.349 e. The summed E-state index contributed by atoms with van der Waals surface area (Å²) >= 11 is 12.1. The quantitative estimate of drug-likeness (QED) is 0.573. The molecular weight excluding hydrogens is 442 g/mol. The molecule has 2 heterocycles. The summed E-state index contributed by atoms with van der Waals surface area (Å²) in [6.45, 7) is -1.19. The van der Waals surface area contributed by atoms with Crippen molar-refractivity contribution < 1.29 is 13.2 Å². The molecule has 0 spiro atoms. The lowest BCUT2D eigenvalue weighted by Crippen LogP contribution is -2.33. The van der Waals surface area contributed by atoms with Gasteiger partial charge in [-0.3, -0.25) is 14.6 Å². The van der Waals surface area contributed by atoms with E-state index in [0.717, 1.165) is 12.1 Å². The molecule has 2 N–H and O–H groups in total. The van der Waals surface area contributed by atoms with E-state index in [2.05, 4.69) is 15.3 Å². The van der Waals surface area contributed by atoms with Crippen LogP contribution in [0.2, 0.25) is 10.0 Å². The zero-order valence-corrected chi connectivity index (χ0v) is 16.3. The van der Waals surface area contributed by atoms with Crippen LogP contribution in [0, 0.1) is 17.1 Å². The Hall–Kier alpha value is -3.49. The minimum Gasteiger partial charge on any atom is -0.434 e. The molecule has 0 aliphatic carbocycles. The molecule has 0 aliphatic rings. The van der Waals surface area contributed by atoms with Gasteiger partial charge in [-0.25, -0.2) is 14.3 Å². The second-order valence-corrected chi connectivity index (χ2v) is 6.57. The predicted octanol–water partition coefficient (Wildman–Crippen LogP) is 2.24. The maximum atomic E-state index is 15.0. The molecule has 0 saturated heterocycles. The molecule has 0 bridgehead atoms. The van der Waals surface area contributed by atoms with Gasteiger partial charge < -0.3 is 4.74 Å². The molecule has 0 fully saturated rings. The monoisotopic (exact) mass is 455 g/mol. The Morgan fingerprint density at radius 3 is 2.73 bits per heavy atom. The molecule has 2 aromatic heterocycles. The molecule has 0 saturated carbocycles. The highest BCUT2D eigenvalue weighted by molar-refractivity contribution is 6.37. The number of halogens is 3. The molecule has 0 amide bonds. The van der Waals surface area contributed by atoms with Crippen LogP contribution >= 0.6 is 23.2 Å². The van der Waals surface area contributed by atoms with E-state index in [9.17, 15) is 18.8 Å². The Kier molecular flexibility index (Phi) is 4.69. The molecule has 3 rings (SSSR count). The molecule has 1 atom stereocenters. The van der Waals surface area contributed by atoms with E-state index < -0.39 is 57.5 Å². The molecule has 0 aliphatic heterocycles. The third-order valence-corrected chi connectivity index (χ3v) is 4.36. The molecule has 13 heteroatoms. The molecule has 0 radical (unpaired) electrons. The van der Waals surface area contributed by atoms with E-state index >= 15 is 0 Å². The molecular formula is C17H11Cl2FN6O4. The van der Waals surface area contributed by atoms with Gasteiger partial charge >= 0.3 is 5.69 Å². The van der Waals surface area contributed by atoms with Gasteiger partial charge in [0.2, 0.25) is 11.6 Å². The van der Waals surface area contributed by atoms with Crippen molar-refractivity contribution in [1.82, 2.24) is 25.0 Å². The van der Waals surface area contributed by atoms with E-state index in [-0.39, 0.29) is 16.5 Å². The van der Waals surface area contributed by atoms with Crippen molar-refractivity contribution in [2.45, 2.75) is 19.7 Å². The van der Waals surface area contributed by atoms with Crippen molar-refractivity contribution >= 4 is 23.2 Å². The lowest BCUT2D eigenvalue weighted by atomic mass is 10.1. The van der Waals surface area contributed by atoms with Crippen LogP contribution in [0.5, 0.6) is 11.6 Å². The smallest absolute Gasteiger partial charge is 0.349 e. The lowest BCUT2D eigenvalue weighted by Gasteiger charge is -2.13. The van der Waals surface area contributed by atoms with E-state index in [1.165, 1.54) is 13.0 Å². The number of benzene rings is 1. The van der Waals surface area contributed by atoms with Crippen LogP contribution in [0.4, 0.5) is 4.39 Å². The second kappa shape index (κ2) is 8.10. The first kappa shape index (κ1) is 17.4. The summed E-state index contributed by atoms with van der Waals surface area (Å²) in [5, 5.41) is 17.0. The van der Waals surface area contributed by atoms with Gasteiger partial charge in [0.05, 0.1) is 5.02 Å². The van der Waals surface area contributed by atoms with Crippen molar-refractivity contribution in [3.05, 3.63) is 70.4 Å². The first-order valence-corrected chi connectivity index (χ1v) is 8.69. The van der Waals surface area contributed by atoms with E-state index in [1.54, 1.807) is 4.98 Å². The first-order chi connectivity index (χ1) is 15.3. The summed E-state index contributed by atoms with van der Waals surface area (Å²) in [6.07, 6.45) is 0. The molecule has 10 nitrogen and oxygen atoms in total. The topological polar surface area (TPSA) is 147 Å². The highest BCUT2D eigenvalue weighted by Crippen LogP contribution is 2.40. The summed E-state index contributed by atoms with van der Waals surface area (Å²) in [7, 11) is 0. The Morgan fingerprint density at radius 1 is 1.33 bits per heavy atom. The summed E-state index contributed by atoms with van der Waals surface area (Å²) in [4.78, 5) is 37.3. The summed E-state index contributed by atoms with van der Waals surface area (Å²) < 4.78 is 43.2. The molecule has 1 aromatic carbocycles. The van der Waals surface area contributed by atoms with Crippen molar-refractivity contribution in [3.63, 3.8) is 0 Å².